The summed E-state index contributed by atoms with van der Waals surface area (Å²) in [6.07, 6.45) is 0.888. The first-order valence-electron chi connectivity index (χ1n) is 9.24. The number of allylic oxidation sites excluding steroid dienone is 1. The molecule has 6 rings (SSSR count). The normalized spacial score (nSPS) is 29.2. The van der Waals surface area contributed by atoms with Crippen LogP contribution in [0.3, 0.4) is 0 Å². The van der Waals surface area contributed by atoms with Gasteiger partial charge in [-0.25, -0.2) is 0 Å². The molecule has 3 nitrogen and oxygen atoms in total. The van der Waals surface area contributed by atoms with E-state index in [1.807, 2.05) is 5.82 Å². The first-order chi connectivity index (χ1) is 12.5. The summed E-state index contributed by atoms with van der Waals surface area (Å²) in [6, 6.07) is 17.3. The third kappa shape index (κ3) is 2.53. The van der Waals surface area contributed by atoms with Crippen molar-refractivity contribution in [2.24, 2.45) is 5.41 Å². The Hall–Kier alpha value is -1.67. The largest absolute Gasteiger partial charge is 0.354 e. The van der Waals surface area contributed by atoms with Crippen molar-refractivity contribution in [3.63, 3.8) is 0 Å². The molecule has 2 bridgehead atoms. The first kappa shape index (κ1) is 16.5. The van der Waals surface area contributed by atoms with Crippen LogP contribution in [0.15, 0.2) is 59.9 Å². The second-order valence-electron chi connectivity index (χ2n) is 8.40. The molecule has 4 heteroatoms. The number of fused-ring (bicyclic) bond motifs is 1. The third-order valence-electron chi connectivity index (χ3n) is 5.77. The molecule has 3 aliphatic carbocycles. The van der Waals surface area contributed by atoms with E-state index < -0.39 is 7.60 Å². The van der Waals surface area contributed by atoms with Crippen LogP contribution in [-0.4, -0.2) is 13.2 Å². The van der Waals surface area contributed by atoms with Gasteiger partial charge in [0.2, 0.25) is 0 Å². The summed E-state index contributed by atoms with van der Waals surface area (Å²) >= 11 is 0. The maximum Gasteiger partial charge on any atom is 0.354 e. The van der Waals surface area contributed by atoms with Crippen LogP contribution in [0.2, 0.25) is 0 Å². The van der Waals surface area contributed by atoms with E-state index in [0.717, 1.165) is 6.42 Å². The summed E-state index contributed by atoms with van der Waals surface area (Å²) in [7, 11) is -3.18. The molecule has 0 amide bonds. The number of benzene rings is 2. The van der Waals surface area contributed by atoms with Crippen molar-refractivity contribution in [3.8, 4) is 0 Å². The molecule has 134 valence electrons. The summed E-state index contributed by atoms with van der Waals surface area (Å²) in [6.45, 7) is 5.07. The molecular formula is C22H23O3P. The maximum absolute atomic E-state index is 13.2. The Balaban J connectivity index is 1.60. The van der Waals surface area contributed by atoms with Crippen molar-refractivity contribution in [2.45, 2.75) is 32.1 Å². The minimum absolute atomic E-state index is 0.0861. The van der Waals surface area contributed by atoms with Crippen molar-refractivity contribution in [3.05, 3.63) is 82.2 Å². The minimum atomic E-state index is -3.18. The molecule has 0 spiro atoms. The average molecular weight is 366 g/mol. The predicted octanol–water partition coefficient (Wildman–Crippen LogP) is 5.82. The van der Waals surface area contributed by atoms with Gasteiger partial charge >= 0.3 is 7.60 Å². The van der Waals surface area contributed by atoms with Crippen LogP contribution in [0.1, 0.15) is 54.4 Å². The third-order valence-corrected chi connectivity index (χ3v) is 7.40. The zero-order valence-corrected chi connectivity index (χ0v) is 16.0. The van der Waals surface area contributed by atoms with Crippen LogP contribution in [0.25, 0.3) is 0 Å². The van der Waals surface area contributed by atoms with Gasteiger partial charge in [-0.05, 0) is 34.2 Å². The van der Waals surface area contributed by atoms with Gasteiger partial charge in [0.15, 0.2) is 0 Å². The van der Waals surface area contributed by atoms with Gasteiger partial charge in [0.1, 0.15) is 0 Å². The second kappa shape index (κ2) is 5.66. The number of hydrogen-bond acceptors (Lipinski definition) is 3. The van der Waals surface area contributed by atoms with Crippen LogP contribution in [0.4, 0.5) is 0 Å². The fourth-order valence-corrected chi connectivity index (χ4v) is 6.45. The summed E-state index contributed by atoms with van der Waals surface area (Å²) < 4.78 is 24.6. The number of rotatable bonds is 1. The smallest absolute Gasteiger partial charge is 0.305 e. The molecule has 4 aliphatic rings. The molecule has 0 N–H and O–H groups in total. The van der Waals surface area contributed by atoms with Crippen LogP contribution >= 0.6 is 7.60 Å². The lowest BCUT2D eigenvalue weighted by molar-refractivity contribution is 0.0456. The Kier molecular flexibility index (Phi) is 3.59. The SMILES string of the molecule is CC1(C)COP(=O)(/C=C2\CC3c4ccccc4C2c2ccccc23)OC1. The highest BCUT2D eigenvalue weighted by Gasteiger charge is 2.42. The topological polar surface area (TPSA) is 35.5 Å². The molecule has 1 heterocycles. The molecular weight excluding hydrogens is 343 g/mol. The monoisotopic (exact) mass is 366 g/mol. The van der Waals surface area contributed by atoms with Crippen LogP contribution < -0.4 is 0 Å². The van der Waals surface area contributed by atoms with Gasteiger partial charge in [0, 0.05) is 23.1 Å². The summed E-state index contributed by atoms with van der Waals surface area (Å²) in [5.41, 5.74) is 6.55. The summed E-state index contributed by atoms with van der Waals surface area (Å²) in [5, 5.41) is 0. The van der Waals surface area contributed by atoms with E-state index in [2.05, 4.69) is 62.4 Å². The zero-order chi connectivity index (χ0) is 17.9. The van der Waals surface area contributed by atoms with E-state index in [1.54, 1.807) is 0 Å². The quantitative estimate of drug-likeness (QED) is 0.597. The first-order valence-corrected chi connectivity index (χ1v) is 10.9. The van der Waals surface area contributed by atoms with Gasteiger partial charge in [-0.1, -0.05) is 62.4 Å². The van der Waals surface area contributed by atoms with Crippen LogP contribution in [0.5, 0.6) is 0 Å². The molecule has 0 radical (unpaired) electrons. The van der Waals surface area contributed by atoms with E-state index in [0.29, 0.717) is 19.1 Å². The van der Waals surface area contributed by atoms with Crippen molar-refractivity contribution in [1.29, 1.82) is 0 Å². The van der Waals surface area contributed by atoms with Gasteiger partial charge in [-0.3, -0.25) is 4.57 Å². The Morgan fingerprint density at radius 3 is 1.96 bits per heavy atom. The second-order valence-corrected chi connectivity index (χ2v) is 10.3. The molecule has 1 saturated heterocycles. The summed E-state index contributed by atoms with van der Waals surface area (Å²) in [5.74, 6) is 2.30. The maximum atomic E-state index is 13.2. The fraction of sp³-hybridized carbons (Fsp3) is 0.364. The molecule has 2 aromatic carbocycles. The molecule has 2 aromatic rings. The molecule has 0 aromatic heterocycles. The molecule has 0 saturated carbocycles. The average Bonchev–Trinajstić information content (AvgIpc) is 2.65. The lowest BCUT2D eigenvalue weighted by atomic mass is 9.62. The lowest BCUT2D eigenvalue weighted by Gasteiger charge is -2.43. The molecule has 0 atom stereocenters. The molecule has 26 heavy (non-hydrogen) atoms. The van der Waals surface area contributed by atoms with Gasteiger partial charge in [0.05, 0.1) is 13.2 Å². The van der Waals surface area contributed by atoms with E-state index in [4.69, 9.17) is 9.05 Å². The van der Waals surface area contributed by atoms with Crippen molar-refractivity contribution >= 4 is 7.60 Å². The van der Waals surface area contributed by atoms with E-state index in [-0.39, 0.29) is 11.3 Å². The van der Waals surface area contributed by atoms with Gasteiger partial charge in [-0.15, -0.1) is 0 Å². The summed E-state index contributed by atoms with van der Waals surface area (Å²) in [4.78, 5) is 0. The standard InChI is InChI=1S/C22H23O3P/c1-22(2)13-24-26(23,25-14-22)12-15-11-20-16-7-3-5-9-18(16)21(15)19-10-6-4-8-17(19)20/h3-10,12,20-21H,11,13-14H2,1-2H3/b15-12+. The Morgan fingerprint density at radius 2 is 1.42 bits per heavy atom. The highest BCUT2D eigenvalue weighted by molar-refractivity contribution is 7.57. The van der Waals surface area contributed by atoms with Gasteiger partial charge < -0.3 is 9.05 Å². The Bertz CT molecular complexity index is 898. The van der Waals surface area contributed by atoms with Crippen molar-refractivity contribution in [1.82, 2.24) is 0 Å². The van der Waals surface area contributed by atoms with E-state index in [9.17, 15) is 4.57 Å². The minimum Gasteiger partial charge on any atom is -0.305 e. The van der Waals surface area contributed by atoms with E-state index in [1.165, 1.54) is 27.8 Å². The number of hydrogen-bond donors (Lipinski definition) is 0. The molecule has 1 fully saturated rings. The van der Waals surface area contributed by atoms with Crippen molar-refractivity contribution in [2.75, 3.05) is 13.2 Å². The zero-order valence-electron chi connectivity index (χ0n) is 15.1. The fourth-order valence-electron chi connectivity index (χ4n) is 4.50. The lowest BCUT2D eigenvalue weighted by Crippen LogP contribution is -2.30. The Labute approximate surface area is 154 Å². The van der Waals surface area contributed by atoms with Crippen LogP contribution in [-0.2, 0) is 13.6 Å². The highest BCUT2D eigenvalue weighted by Crippen LogP contribution is 2.61. The van der Waals surface area contributed by atoms with E-state index >= 15 is 0 Å². The van der Waals surface area contributed by atoms with Crippen LogP contribution in [0, 0.1) is 5.41 Å². The molecule has 1 aliphatic heterocycles. The Morgan fingerprint density at radius 1 is 0.923 bits per heavy atom. The van der Waals surface area contributed by atoms with Gasteiger partial charge in [0.25, 0.3) is 0 Å². The predicted molar refractivity (Wildman–Crippen MR) is 103 cm³/mol. The highest BCUT2D eigenvalue weighted by atomic mass is 31.2. The van der Waals surface area contributed by atoms with Crippen molar-refractivity contribution < 1.29 is 13.6 Å². The molecule has 0 unspecified atom stereocenters. The van der Waals surface area contributed by atoms with Gasteiger partial charge in [-0.2, -0.15) is 0 Å².